The summed E-state index contributed by atoms with van der Waals surface area (Å²) in [5.74, 6) is -1.03. The first-order valence-electron chi connectivity index (χ1n) is 5.93. The van der Waals surface area contributed by atoms with E-state index >= 15 is 0 Å². The molecule has 5 heteroatoms. The average molecular weight is 240 g/mol. The minimum absolute atomic E-state index is 0.236. The van der Waals surface area contributed by atoms with Crippen LogP contribution in [0.5, 0.6) is 0 Å². The highest BCUT2D eigenvalue weighted by atomic mass is 16.4. The Bertz CT molecular complexity index is 298. The molecule has 1 rings (SSSR count). The van der Waals surface area contributed by atoms with Gasteiger partial charge in [-0.3, -0.25) is 0 Å². The van der Waals surface area contributed by atoms with E-state index in [0.29, 0.717) is 0 Å². The summed E-state index contributed by atoms with van der Waals surface area (Å²) in [7, 11) is 1.72. The zero-order valence-electron chi connectivity index (χ0n) is 10.2. The number of carboxylic acid groups (broad SMARTS) is 1. The quantitative estimate of drug-likeness (QED) is 0.717. The maximum atomic E-state index is 11.8. The molecule has 1 fully saturated rings. The molecule has 5 nitrogen and oxygen atoms in total. The molecule has 17 heavy (non-hydrogen) atoms. The molecular weight excluding hydrogens is 220 g/mol. The minimum atomic E-state index is -1.03. The summed E-state index contributed by atoms with van der Waals surface area (Å²) in [6.45, 7) is 3.48. The van der Waals surface area contributed by atoms with Gasteiger partial charge in [0.15, 0.2) is 0 Å². The highest BCUT2D eigenvalue weighted by Gasteiger charge is 2.26. The Kier molecular flexibility index (Phi) is 5.00. The zero-order chi connectivity index (χ0) is 12.8. The first kappa shape index (κ1) is 13.5. The second-order valence-corrected chi connectivity index (χ2v) is 4.41. The molecule has 96 valence electrons. The second kappa shape index (κ2) is 6.27. The molecule has 0 aliphatic heterocycles. The molecule has 0 radical (unpaired) electrons. The summed E-state index contributed by atoms with van der Waals surface area (Å²) >= 11 is 0. The Labute approximate surface area is 101 Å². The smallest absolute Gasteiger partial charge is 0.326 e. The third kappa shape index (κ3) is 3.76. The molecule has 0 aromatic heterocycles. The van der Waals surface area contributed by atoms with Crippen LogP contribution in [-0.4, -0.2) is 41.1 Å². The molecule has 2 N–H and O–H groups in total. The van der Waals surface area contributed by atoms with Gasteiger partial charge in [-0.1, -0.05) is 18.9 Å². The fourth-order valence-corrected chi connectivity index (χ4v) is 2.10. The van der Waals surface area contributed by atoms with Crippen molar-refractivity contribution in [3.05, 3.63) is 12.7 Å². The van der Waals surface area contributed by atoms with Crippen molar-refractivity contribution in [3.8, 4) is 0 Å². The molecule has 0 aromatic carbocycles. The molecule has 0 saturated heterocycles. The third-order valence-electron chi connectivity index (χ3n) is 3.19. The van der Waals surface area contributed by atoms with Gasteiger partial charge in [0.05, 0.1) is 0 Å². The fourth-order valence-electron chi connectivity index (χ4n) is 2.10. The van der Waals surface area contributed by atoms with Gasteiger partial charge in [0.1, 0.15) is 6.04 Å². The number of carboxylic acids is 1. The largest absolute Gasteiger partial charge is 0.480 e. The SMILES string of the molecule is C=CCC(NC(=O)N(C)C1CCCC1)C(=O)O. The maximum Gasteiger partial charge on any atom is 0.326 e. The van der Waals surface area contributed by atoms with Crippen molar-refractivity contribution in [2.45, 2.75) is 44.2 Å². The van der Waals surface area contributed by atoms with Crippen molar-refractivity contribution in [2.24, 2.45) is 0 Å². The molecule has 0 spiro atoms. The lowest BCUT2D eigenvalue weighted by atomic mass is 10.2. The van der Waals surface area contributed by atoms with Gasteiger partial charge in [0.25, 0.3) is 0 Å². The number of nitrogens with one attached hydrogen (secondary N) is 1. The predicted molar refractivity (Wildman–Crippen MR) is 64.8 cm³/mol. The minimum Gasteiger partial charge on any atom is -0.480 e. The van der Waals surface area contributed by atoms with Gasteiger partial charge in [0, 0.05) is 13.1 Å². The van der Waals surface area contributed by atoms with Crippen molar-refractivity contribution >= 4 is 12.0 Å². The van der Waals surface area contributed by atoms with E-state index in [2.05, 4.69) is 11.9 Å². The summed E-state index contributed by atoms with van der Waals surface area (Å²) in [5.41, 5.74) is 0. The molecular formula is C12H20N2O3. The van der Waals surface area contributed by atoms with E-state index in [1.54, 1.807) is 11.9 Å². The Balaban J connectivity index is 2.50. The van der Waals surface area contributed by atoms with Crippen LogP contribution < -0.4 is 5.32 Å². The van der Waals surface area contributed by atoms with Crippen molar-refractivity contribution in [3.63, 3.8) is 0 Å². The standard InChI is InChI=1S/C12H20N2O3/c1-3-6-10(11(15)16)13-12(17)14(2)9-7-4-5-8-9/h3,9-10H,1,4-8H2,2H3,(H,13,17)(H,15,16). The van der Waals surface area contributed by atoms with Gasteiger partial charge in [-0.05, 0) is 19.3 Å². The van der Waals surface area contributed by atoms with Crippen LogP contribution in [0.15, 0.2) is 12.7 Å². The van der Waals surface area contributed by atoms with E-state index in [-0.39, 0.29) is 18.5 Å². The van der Waals surface area contributed by atoms with Crippen LogP contribution in [0.2, 0.25) is 0 Å². The van der Waals surface area contributed by atoms with E-state index in [1.165, 1.54) is 6.08 Å². The number of nitrogens with zero attached hydrogens (tertiary/aromatic N) is 1. The lowest BCUT2D eigenvalue weighted by molar-refractivity contribution is -0.139. The second-order valence-electron chi connectivity index (χ2n) is 4.41. The Hall–Kier alpha value is -1.52. The van der Waals surface area contributed by atoms with Crippen molar-refractivity contribution in [2.75, 3.05) is 7.05 Å². The van der Waals surface area contributed by atoms with E-state index in [1.807, 2.05) is 0 Å². The lowest BCUT2D eigenvalue weighted by Crippen LogP contribution is -2.49. The Morgan fingerprint density at radius 1 is 1.53 bits per heavy atom. The normalized spacial score (nSPS) is 17.5. The Morgan fingerprint density at radius 2 is 2.12 bits per heavy atom. The third-order valence-corrected chi connectivity index (χ3v) is 3.19. The summed E-state index contributed by atoms with van der Waals surface area (Å²) in [6, 6.07) is -0.955. The Morgan fingerprint density at radius 3 is 2.59 bits per heavy atom. The summed E-state index contributed by atoms with van der Waals surface area (Å²) in [6.07, 6.45) is 6.01. The number of urea groups is 1. The molecule has 1 aliphatic rings. The van der Waals surface area contributed by atoms with Gasteiger partial charge in [0.2, 0.25) is 0 Å². The van der Waals surface area contributed by atoms with E-state index in [9.17, 15) is 9.59 Å². The van der Waals surface area contributed by atoms with Crippen LogP contribution in [0, 0.1) is 0 Å². The van der Waals surface area contributed by atoms with Gasteiger partial charge < -0.3 is 15.3 Å². The number of carbonyl (C=O) groups excluding carboxylic acids is 1. The highest BCUT2D eigenvalue weighted by molar-refractivity contribution is 5.82. The van der Waals surface area contributed by atoms with Crippen molar-refractivity contribution < 1.29 is 14.7 Å². The van der Waals surface area contributed by atoms with Gasteiger partial charge >= 0.3 is 12.0 Å². The summed E-state index contributed by atoms with van der Waals surface area (Å²) < 4.78 is 0. The molecule has 1 saturated carbocycles. The number of amides is 2. The van der Waals surface area contributed by atoms with E-state index in [0.717, 1.165) is 25.7 Å². The molecule has 0 heterocycles. The topological polar surface area (TPSA) is 69.6 Å². The average Bonchev–Trinajstić information content (AvgIpc) is 2.80. The van der Waals surface area contributed by atoms with Crippen LogP contribution in [0.1, 0.15) is 32.1 Å². The molecule has 1 unspecified atom stereocenters. The zero-order valence-corrected chi connectivity index (χ0v) is 10.2. The van der Waals surface area contributed by atoms with Gasteiger partial charge in [-0.2, -0.15) is 0 Å². The fraction of sp³-hybridized carbons (Fsp3) is 0.667. The van der Waals surface area contributed by atoms with Gasteiger partial charge in [-0.15, -0.1) is 6.58 Å². The first-order valence-corrected chi connectivity index (χ1v) is 5.93. The number of hydrogen-bond donors (Lipinski definition) is 2. The lowest BCUT2D eigenvalue weighted by Gasteiger charge is -2.26. The first-order chi connectivity index (χ1) is 8.06. The van der Waals surface area contributed by atoms with Crippen LogP contribution in [0.4, 0.5) is 4.79 Å². The molecule has 2 amide bonds. The van der Waals surface area contributed by atoms with Crippen LogP contribution >= 0.6 is 0 Å². The maximum absolute atomic E-state index is 11.8. The van der Waals surface area contributed by atoms with Crippen LogP contribution in [-0.2, 0) is 4.79 Å². The number of aliphatic carboxylic acids is 1. The van der Waals surface area contributed by atoms with Crippen molar-refractivity contribution in [1.29, 1.82) is 0 Å². The molecule has 0 bridgehead atoms. The number of carbonyl (C=O) groups is 2. The van der Waals surface area contributed by atoms with Crippen LogP contribution in [0.3, 0.4) is 0 Å². The van der Waals surface area contributed by atoms with Crippen molar-refractivity contribution in [1.82, 2.24) is 10.2 Å². The van der Waals surface area contributed by atoms with Gasteiger partial charge in [-0.25, -0.2) is 9.59 Å². The predicted octanol–water partition coefficient (Wildman–Crippen LogP) is 1.60. The summed E-state index contributed by atoms with van der Waals surface area (Å²) in [4.78, 5) is 24.3. The van der Waals surface area contributed by atoms with E-state index in [4.69, 9.17) is 5.11 Å². The highest BCUT2D eigenvalue weighted by Crippen LogP contribution is 2.22. The molecule has 0 aromatic rings. The number of rotatable bonds is 5. The van der Waals surface area contributed by atoms with Crippen LogP contribution in [0.25, 0.3) is 0 Å². The monoisotopic (exact) mass is 240 g/mol. The molecule has 1 atom stereocenters. The molecule has 1 aliphatic carbocycles. The number of hydrogen-bond acceptors (Lipinski definition) is 2. The summed E-state index contributed by atoms with van der Waals surface area (Å²) in [5, 5.41) is 11.4. The van der Waals surface area contributed by atoms with E-state index < -0.39 is 12.0 Å².